The van der Waals surface area contributed by atoms with Crippen LogP contribution in [0.1, 0.15) is 38.5 Å². The molecule has 4 heteroatoms. The van der Waals surface area contributed by atoms with Crippen LogP contribution in [0.5, 0.6) is 0 Å². The summed E-state index contributed by atoms with van der Waals surface area (Å²) in [5, 5.41) is 0. The molecule has 19 heavy (non-hydrogen) atoms. The normalized spacial score (nSPS) is 27.7. The van der Waals surface area contributed by atoms with Crippen LogP contribution in [-0.4, -0.2) is 26.5 Å². The number of rotatable bonds is 2. The van der Waals surface area contributed by atoms with Gasteiger partial charge < -0.3 is 14.2 Å². The molecule has 1 heterocycles. The van der Waals surface area contributed by atoms with Crippen molar-refractivity contribution in [2.24, 2.45) is 5.92 Å². The zero-order valence-electron chi connectivity index (χ0n) is 11.7. The van der Waals surface area contributed by atoms with Crippen LogP contribution in [0, 0.1) is 5.92 Å². The lowest BCUT2D eigenvalue weighted by molar-refractivity contribution is -0.135. The predicted molar refractivity (Wildman–Crippen MR) is 71.3 cm³/mol. The highest BCUT2D eigenvalue weighted by Crippen LogP contribution is 2.31. The van der Waals surface area contributed by atoms with Gasteiger partial charge in [0.05, 0.1) is 18.9 Å². The van der Waals surface area contributed by atoms with E-state index in [1.807, 2.05) is 6.08 Å². The second-order valence-electron chi connectivity index (χ2n) is 5.07. The van der Waals surface area contributed by atoms with E-state index in [0.29, 0.717) is 5.57 Å². The van der Waals surface area contributed by atoms with Gasteiger partial charge >= 0.3 is 5.97 Å². The highest BCUT2D eigenvalue weighted by atomic mass is 16.7. The molecule has 0 N–H and O–H groups in total. The van der Waals surface area contributed by atoms with E-state index in [9.17, 15) is 4.79 Å². The lowest BCUT2D eigenvalue weighted by Crippen LogP contribution is -2.22. The van der Waals surface area contributed by atoms with Crippen molar-refractivity contribution in [1.82, 2.24) is 0 Å². The van der Waals surface area contributed by atoms with E-state index in [0.717, 1.165) is 31.3 Å². The number of carbonyl (C=O) groups is 1. The average molecular weight is 266 g/mol. The fraction of sp³-hybridized carbons (Fsp3) is 0.667. The summed E-state index contributed by atoms with van der Waals surface area (Å²) < 4.78 is 16.0. The van der Waals surface area contributed by atoms with E-state index in [1.54, 1.807) is 13.4 Å². The molecular weight excluding hydrogens is 244 g/mol. The molecule has 2 bridgehead atoms. The number of esters is 1. The minimum atomic E-state index is -0.310. The summed E-state index contributed by atoms with van der Waals surface area (Å²) in [7, 11) is 3.06. The van der Waals surface area contributed by atoms with Gasteiger partial charge in [-0.15, -0.1) is 0 Å². The van der Waals surface area contributed by atoms with E-state index < -0.39 is 0 Å². The second kappa shape index (κ2) is 6.75. The lowest BCUT2D eigenvalue weighted by Gasteiger charge is -2.21. The molecule has 0 aromatic carbocycles. The highest BCUT2D eigenvalue weighted by Gasteiger charge is 2.28. The van der Waals surface area contributed by atoms with E-state index >= 15 is 0 Å². The largest absolute Gasteiger partial charge is 0.472 e. The molecule has 0 fully saturated rings. The molecule has 2 rings (SSSR count). The summed E-state index contributed by atoms with van der Waals surface area (Å²) in [5.74, 6) is -0.178. The number of hydrogen-bond donors (Lipinski definition) is 0. The van der Waals surface area contributed by atoms with Gasteiger partial charge in [-0.05, 0) is 19.3 Å². The molecule has 0 aromatic heterocycles. The van der Waals surface area contributed by atoms with Crippen molar-refractivity contribution in [3.63, 3.8) is 0 Å². The van der Waals surface area contributed by atoms with E-state index in [4.69, 9.17) is 14.2 Å². The zero-order chi connectivity index (χ0) is 13.7. The summed E-state index contributed by atoms with van der Waals surface area (Å²) in [5.41, 5.74) is 1.58. The summed E-state index contributed by atoms with van der Waals surface area (Å²) in [6.07, 6.45) is 9.80. The highest BCUT2D eigenvalue weighted by molar-refractivity contribution is 5.93. The molecule has 0 radical (unpaired) electrons. The summed E-state index contributed by atoms with van der Waals surface area (Å²) in [6, 6.07) is 0. The minimum Gasteiger partial charge on any atom is -0.472 e. The molecule has 4 nitrogen and oxygen atoms in total. The SMILES string of the molecule is COC(=O)C1=C[C@H]2CCCCCCC1=CO[C@H]2OC. The molecule has 0 amide bonds. The Morgan fingerprint density at radius 1 is 1.26 bits per heavy atom. The molecule has 2 aliphatic rings. The van der Waals surface area contributed by atoms with Crippen LogP contribution in [-0.2, 0) is 19.0 Å². The smallest absolute Gasteiger partial charge is 0.337 e. The van der Waals surface area contributed by atoms with Gasteiger partial charge in [0.1, 0.15) is 0 Å². The first-order chi connectivity index (χ1) is 9.26. The molecule has 0 unspecified atom stereocenters. The van der Waals surface area contributed by atoms with Crippen LogP contribution in [0.25, 0.3) is 0 Å². The minimum absolute atomic E-state index is 0.103. The number of methoxy groups -OCH3 is 2. The maximum Gasteiger partial charge on any atom is 0.337 e. The quantitative estimate of drug-likeness (QED) is 0.721. The van der Waals surface area contributed by atoms with Gasteiger partial charge in [0.25, 0.3) is 0 Å². The van der Waals surface area contributed by atoms with Crippen molar-refractivity contribution in [3.05, 3.63) is 23.5 Å². The fourth-order valence-corrected chi connectivity index (χ4v) is 2.71. The standard InChI is InChI=1S/C15H22O4/c1-17-14(16)13-9-11-7-5-3-4-6-8-12(13)10-19-15(11)18-2/h9-11,15H,3-8H2,1-2H3/t11-,15-/m1/s1. The number of ether oxygens (including phenoxy) is 3. The van der Waals surface area contributed by atoms with Crippen molar-refractivity contribution in [3.8, 4) is 0 Å². The van der Waals surface area contributed by atoms with Crippen LogP contribution in [0.3, 0.4) is 0 Å². The molecule has 0 saturated carbocycles. The molecule has 106 valence electrons. The molecular formula is C15H22O4. The van der Waals surface area contributed by atoms with Crippen LogP contribution in [0.4, 0.5) is 0 Å². The number of carbonyl (C=O) groups excluding carboxylic acids is 1. The maximum atomic E-state index is 11.9. The molecule has 0 aromatic rings. The summed E-state index contributed by atoms with van der Waals surface area (Å²) >= 11 is 0. The maximum absolute atomic E-state index is 11.9. The third kappa shape index (κ3) is 3.38. The monoisotopic (exact) mass is 266 g/mol. The van der Waals surface area contributed by atoms with E-state index in [-0.39, 0.29) is 18.2 Å². The van der Waals surface area contributed by atoms with Gasteiger partial charge in [-0.2, -0.15) is 0 Å². The van der Waals surface area contributed by atoms with E-state index in [1.165, 1.54) is 20.0 Å². The van der Waals surface area contributed by atoms with Gasteiger partial charge in [0.2, 0.25) is 6.29 Å². The Labute approximate surface area is 114 Å². The average Bonchev–Trinajstić information content (AvgIpc) is 2.64. The molecule has 1 aliphatic heterocycles. The summed E-state index contributed by atoms with van der Waals surface area (Å²) in [6.45, 7) is 0. The first kappa shape index (κ1) is 14.1. The van der Waals surface area contributed by atoms with Gasteiger partial charge in [-0.3, -0.25) is 0 Å². The van der Waals surface area contributed by atoms with Gasteiger partial charge in [0, 0.05) is 18.6 Å². The second-order valence-corrected chi connectivity index (χ2v) is 5.07. The topological polar surface area (TPSA) is 44.8 Å². The third-order valence-electron chi connectivity index (χ3n) is 3.79. The Kier molecular flexibility index (Phi) is 5.02. The summed E-state index contributed by atoms with van der Waals surface area (Å²) in [4.78, 5) is 11.9. The fourth-order valence-electron chi connectivity index (χ4n) is 2.71. The Balaban J connectivity index is 2.34. The predicted octanol–water partition coefficient (Wildman–Crippen LogP) is 2.94. The molecule has 0 spiro atoms. The zero-order valence-corrected chi connectivity index (χ0v) is 11.7. The van der Waals surface area contributed by atoms with Gasteiger partial charge in [-0.1, -0.05) is 25.3 Å². The molecule has 1 aliphatic carbocycles. The van der Waals surface area contributed by atoms with E-state index in [2.05, 4.69) is 0 Å². The van der Waals surface area contributed by atoms with Crippen molar-refractivity contribution in [2.45, 2.75) is 44.8 Å². The van der Waals surface area contributed by atoms with Crippen molar-refractivity contribution < 1.29 is 19.0 Å². The Morgan fingerprint density at radius 3 is 2.79 bits per heavy atom. The van der Waals surface area contributed by atoms with Gasteiger partial charge in [0.15, 0.2) is 0 Å². The van der Waals surface area contributed by atoms with Crippen molar-refractivity contribution >= 4 is 5.97 Å². The Bertz CT molecular complexity index is 384. The Morgan fingerprint density at radius 2 is 2.05 bits per heavy atom. The van der Waals surface area contributed by atoms with Crippen LogP contribution in [0.15, 0.2) is 23.5 Å². The molecule has 2 atom stereocenters. The number of fused-ring (bicyclic) bond motifs is 2. The van der Waals surface area contributed by atoms with Gasteiger partial charge in [-0.25, -0.2) is 4.79 Å². The lowest BCUT2D eigenvalue weighted by atomic mass is 9.91. The van der Waals surface area contributed by atoms with Crippen LogP contribution < -0.4 is 0 Å². The van der Waals surface area contributed by atoms with Crippen molar-refractivity contribution in [1.29, 1.82) is 0 Å². The third-order valence-corrected chi connectivity index (χ3v) is 3.79. The van der Waals surface area contributed by atoms with Crippen LogP contribution >= 0.6 is 0 Å². The van der Waals surface area contributed by atoms with Crippen LogP contribution in [0.2, 0.25) is 0 Å². The van der Waals surface area contributed by atoms with Crippen molar-refractivity contribution in [2.75, 3.05) is 14.2 Å². The first-order valence-electron chi connectivity index (χ1n) is 6.94. The Hall–Kier alpha value is -1.29. The first-order valence-corrected chi connectivity index (χ1v) is 6.94. The molecule has 0 saturated heterocycles. The number of hydrogen-bond acceptors (Lipinski definition) is 4.